The number of aliphatic carboxylic acids is 1. The highest BCUT2D eigenvalue weighted by molar-refractivity contribution is 8.00. The third-order valence-corrected chi connectivity index (χ3v) is 4.85. The van der Waals surface area contributed by atoms with Crippen LogP contribution in [0.15, 0.2) is 24.5 Å². The molecule has 0 saturated carbocycles. The van der Waals surface area contributed by atoms with E-state index in [1.165, 1.54) is 16.7 Å². The fraction of sp³-hybridized carbons (Fsp3) is 0.500. The molecule has 1 saturated heterocycles. The molecule has 21 heavy (non-hydrogen) atoms. The van der Waals surface area contributed by atoms with Gasteiger partial charge in [-0.25, -0.2) is 9.59 Å². The molecule has 0 aliphatic carbocycles. The Morgan fingerprint density at radius 3 is 2.81 bits per heavy atom. The summed E-state index contributed by atoms with van der Waals surface area (Å²) in [5.41, 5.74) is 1.09. The quantitative estimate of drug-likeness (QED) is 0.863. The minimum atomic E-state index is -0.942. The zero-order chi connectivity index (χ0) is 15.2. The van der Waals surface area contributed by atoms with Crippen LogP contribution in [0.3, 0.4) is 0 Å². The second-order valence-corrected chi connectivity index (χ2v) is 6.01. The van der Waals surface area contributed by atoms with Crippen LogP contribution in [0.2, 0.25) is 0 Å². The number of urea groups is 1. The van der Waals surface area contributed by atoms with E-state index in [9.17, 15) is 14.7 Å². The first kappa shape index (κ1) is 15.6. The molecule has 1 aliphatic rings. The number of pyridine rings is 1. The summed E-state index contributed by atoms with van der Waals surface area (Å²) >= 11 is 1.52. The lowest BCUT2D eigenvalue weighted by molar-refractivity contribution is -0.141. The summed E-state index contributed by atoms with van der Waals surface area (Å²) in [6, 6.07) is 2.76. The van der Waals surface area contributed by atoms with Crippen molar-refractivity contribution in [2.45, 2.75) is 31.2 Å². The highest BCUT2D eigenvalue weighted by atomic mass is 32.2. The van der Waals surface area contributed by atoms with Gasteiger partial charge in [-0.05, 0) is 30.5 Å². The number of carboxylic acids is 1. The van der Waals surface area contributed by atoms with Crippen LogP contribution >= 0.6 is 11.8 Å². The summed E-state index contributed by atoms with van der Waals surface area (Å²) in [6.45, 7) is 2.44. The molecule has 7 heteroatoms. The molecular weight excluding hydrogens is 290 g/mol. The molecule has 2 unspecified atom stereocenters. The predicted octanol–water partition coefficient (Wildman–Crippen LogP) is 1.57. The molecule has 114 valence electrons. The van der Waals surface area contributed by atoms with E-state index >= 15 is 0 Å². The molecule has 1 aromatic rings. The van der Waals surface area contributed by atoms with Crippen LogP contribution in [0.25, 0.3) is 0 Å². The zero-order valence-corrected chi connectivity index (χ0v) is 12.7. The van der Waals surface area contributed by atoms with Gasteiger partial charge in [0.2, 0.25) is 0 Å². The third kappa shape index (κ3) is 3.87. The Kier molecular flexibility index (Phi) is 5.44. The van der Waals surface area contributed by atoms with Crippen molar-refractivity contribution in [2.24, 2.45) is 0 Å². The van der Waals surface area contributed by atoms with Gasteiger partial charge in [0.1, 0.15) is 6.04 Å². The summed E-state index contributed by atoms with van der Waals surface area (Å²) in [5.74, 6) is -0.492. The standard InChI is InChI=1S/C14H19N3O3S/c1-2-12-17(11(9-21-12)13(18)19)14(20)16-8-5-10-3-6-15-7-4-10/h3-4,6-7,11-12H,2,5,8-9H2,1H3,(H,16,20)(H,18,19). The van der Waals surface area contributed by atoms with Crippen LogP contribution in [0.5, 0.6) is 0 Å². The molecule has 0 radical (unpaired) electrons. The van der Waals surface area contributed by atoms with E-state index in [2.05, 4.69) is 10.3 Å². The second-order valence-electron chi connectivity index (χ2n) is 4.79. The van der Waals surface area contributed by atoms with Gasteiger partial charge in [-0.1, -0.05) is 6.92 Å². The third-order valence-electron chi connectivity index (χ3n) is 3.40. The summed E-state index contributed by atoms with van der Waals surface area (Å²) < 4.78 is 0. The summed E-state index contributed by atoms with van der Waals surface area (Å²) in [5, 5.41) is 12.0. The van der Waals surface area contributed by atoms with Gasteiger partial charge < -0.3 is 10.4 Å². The highest BCUT2D eigenvalue weighted by Gasteiger charge is 2.40. The summed E-state index contributed by atoms with van der Waals surface area (Å²) in [6.07, 6.45) is 4.86. The van der Waals surface area contributed by atoms with Gasteiger partial charge in [0.15, 0.2) is 0 Å². The Hall–Kier alpha value is -1.76. The number of aromatic nitrogens is 1. The number of hydrogen-bond acceptors (Lipinski definition) is 4. The number of rotatable bonds is 5. The topological polar surface area (TPSA) is 82.5 Å². The monoisotopic (exact) mass is 309 g/mol. The van der Waals surface area contributed by atoms with E-state index in [0.29, 0.717) is 18.7 Å². The molecule has 2 N–H and O–H groups in total. The molecular formula is C14H19N3O3S. The van der Waals surface area contributed by atoms with Crippen LogP contribution in [-0.4, -0.2) is 50.7 Å². The van der Waals surface area contributed by atoms with E-state index in [-0.39, 0.29) is 11.4 Å². The predicted molar refractivity (Wildman–Crippen MR) is 81.1 cm³/mol. The van der Waals surface area contributed by atoms with Crippen molar-refractivity contribution in [3.05, 3.63) is 30.1 Å². The van der Waals surface area contributed by atoms with Crippen LogP contribution in [0.4, 0.5) is 4.79 Å². The molecule has 0 bridgehead atoms. The lowest BCUT2D eigenvalue weighted by atomic mass is 10.2. The Labute approximate surface area is 127 Å². The molecule has 2 rings (SSSR count). The van der Waals surface area contributed by atoms with E-state index in [4.69, 9.17) is 0 Å². The van der Waals surface area contributed by atoms with Gasteiger partial charge in [-0.15, -0.1) is 11.8 Å². The first-order valence-corrected chi connectivity index (χ1v) is 7.97. The lowest BCUT2D eigenvalue weighted by Crippen LogP contribution is -2.50. The average Bonchev–Trinajstić information content (AvgIpc) is 2.92. The Balaban J connectivity index is 1.90. The van der Waals surface area contributed by atoms with Crippen molar-refractivity contribution in [2.75, 3.05) is 12.3 Å². The normalized spacial score (nSPS) is 21.3. The number of nitrogens with zero attached hydrogens (tertiary/aromatic N) is 2. The van der Waals surface area contributed by atoms with Crippen molar-refractivity contribution >= 4 is 23.8 Å². The molecule has 6 nitrogen and oxygen atoms in total. The van der Waals surface area contributed by atoms with Crippen molar-refractivity contribution in [3.8, 4) is 0 Å². The lowest BCUT2D eigenvalue weighted by Gasteiger charge is -2.26. The van der Waals surface area contributed by atoms with Gasteiger partial charge in [-0.3, -0.25) is 9.88 Å². The molecule has 2 heterocycles. The molecule has 2 atom stereocenters. The number of carboxylic acid groups (broad SMARTS) is 1. The largest absolute Gasteiger partial charge is 0.480 e. The minimum Gasteiger partial charge on any atom is -0.480 e. The van der Waals surface area contributed by atoms with Crippen LogP contribution in [0.1, 0.15) is 18.9 Å². The SMILES string of the molecule is CCC1SCC(C(=O)O)N1C(=O)NCCc1ccncc1. The number of hydrogen-bond donors (Lipinski definition) is 2. The minimum absolute atomic E-state index is 0.0629. The van der Waals surface area contributed by atoms with Gasteiger partial charge >= 0.3 is 12.0 Å². The number of amides is 2. The van der Waals surface area contributed by atoms with E-state index < -0.39 is 12.0 Å². The highest BCUT2D eigenvalue weighted by Crippen LogP contribution is 2.31. The smallest absolute Gasteiger partial charge is 0.327 e. The van der Waals surface area contributed by atoms with Crippen LogP contribution in [0, 0.1) is 0 Å². The molecule has 2 amide bonds. The molecule has 1 fully saturated rings. The maximum absolute atomic E-state index is 12.2. The average molecular weight is 309 g/mol. The van der Waals surface area contributed by atoms with Crippen LogP contribution < -0.4 is 5.32 Å². The summed E-state index contributed by atoms with van der Waals surface area (Å²) in [4.78, 5) is 28.9. The Morgan fingerprint density at radius 1 is 1.48 bits per heavy atom. The number of nitrogens with one attached hydrogen (secondary N) is 1. The van der Waals surface area contributed by atoms with E-state index in [0.717, 1.165) is 12.0 Å². The number of carbonyl (C=O) groups is 2. The Bertz CT molecular complexity index is 497. The Morgan fingerprint density at radius 2 is 2.19 bits per heavy atom. The molecule has 0 spiro atoms. The first-order chi connectivity index (χ1) is 10.1. The number of thioether (sulfide) groups is 1. The van der Waals surface area contributed by atoms with Crippen molar-refractivity contribution in [3.63, 3.8) is 0 Å². The second kappa shape index (κ2) is 7.31. The van der Waals surface area contributed by atoms with Crippen LogP contribution in [-0.2, 0) is 11.2 Å². The molecule has 0 aromatic carbocycles. The van der Waals surface area contributed by atoms with Gasteiger partial charge in [0.25, 0.3) is 0 Å². The molecule has 1 aromatic heterocycles. The molecule has 1 aliphatic heterocycles. The fourth-order valence-electron chi connectivity index (χ4n) is 2.30. The van der Waals surface area contributed by atoms with E-state index in [1.54, 1.807) is 12.4 Å². The summed E-state index contributed by atoms with van der Waals surface area (Å²) in [7, 11) is 0. The van der Waals surface area contributed by atoms with Gasteiger partial charge in [0.05, 0.1) is 5.37 Å². The van der Waals surface area contributed by atoms with Gasteiger partial charge in [-0.2, -0.15) is 0 Å². The number of carbonyl (C=O) groups excluding carboxylic acids is 1. The van der Waals surface area contributed by atoms with Crippen molar-refractivity contribution in [1.82, 2.24) is 15.2 Å². The van der Waals surface area contributed by atoms with E-state index in [1.807, 2.05) is 19.1 Å². The maximum Gasteiger partial charge on any atom is 0.327 e. The first-order valence-electron chi connectivity index (χ1n) is 6.93. The fourth-order valence-corrected chi connectivity index (χ4v) is 3.64. The van der Waals surface area contributed by atoms with Crippen molar-refractivity contribution in [1.29, 1.82) is 0 Å². The zero-order valence-electron chi connectivity index (χ0n) is 11.9. The maximum atomic E-state index is 12.2. The van der Waals surface area contributed by atoms with Crippen molar-refractivity contribution < 1.29 is 14.7 Å². The van der Waals surface area contributed by atoms with Gasteiger partial charge in [0, 0.05) is 24.7 Å².